The first kappa shape index (κ1) is 8.04. The van der Waals surface area contributed by atoms with E-state index in [9.17, 15) is 5.21 Å². The molecule has 4 heteroatoms. The van der Waals surface area contributed by atoms with Gasteiger partial charge in [0.05, 0.1) is 5.03 Å². The summed E-state index contributed by atoms with van der Waals surface area (Å²) in [5.74, 6) is 0. The minimum absolute atomic E-state index is 0.486. The summed E-state index contributed by atoms with van der Waals surface area (Å²) in [6, 6.07) is 0. The predicted octanol–water partition coefficient (Wildman–Crippen LogP) is 2.21. The van der Waals surface area contributed by atoms with E-state index in [1.54, 1.807) is 10.8 Å². The number of hydroxylamine groups is 2. The van der Waals surface area contributed by atoms with Crippen molar-refractivity contribution in [2.45, 2.75) is 0 Å². The zero-order chi connectivity index (χ0) is 7.40. The van der Waals surface area contributed by atoms with Crippen molar-refractivity contribution < 1.29 is 0 Å². The predicted molar refractivity (Wildman–Crippen MR) is 48.4 cm³/mol. The summed E-state index contributed by atoms with van der Waals surface area (Å²) in [6.45, 7) is 0.486. The fraction of sp³-hybridized carbons (Fsp3) is 0.333. The van der Waals surface area contributed by atoms with Gasteiger partial charge < -0.3 is 10.3 Å². The smallest absolute Gasteiger partial charge is 0.0710 e. The number of hydrogen-bond acceptors (Lipinski definition) is 4. The average Bonchev–Trinajstić information content (AvgIpc) is 1.94. The molecule has 0 saturated carbocycles. The zero-order valence-corrected chi connectivity index (χ0v) is 7.24. The molecule has 0 aromatic carbocycles. The Kier molecular flexibility index (Phi) is 3.18. The van der Waals surface area contributed by atoms with E-state index in [0.717, 1.165) is 10.1 Å². The van der Waals surface area contributed by atoms with E-state index in [2.05, 4.69) is 0 Å². The SMILES string of the molecule is CSSC1=CC=CCN1[O-]. The van der Waals surface area contributed by atoms with Crippen LogP contribution in [0.3, 0.4) is 0 Å². The van der Waals surface area contributed by atoms with Gasteiger partial charge >= 0.3 is 0 Å². The lowest BCUT2D eigenvalue weighted by Gasteiger charge is -2.32. The first-order chi connectivity index (χ1) is 4.84. The van der Waals surface area contributed by atoms with E-state index in [-0.39, 0.29) is 0 Å². The molecular formula is C6H8NOS2-. The van der Waals surface area contributed by atoms with Crippen LogP contribution in [0.2, 0.25) is 0 Å². The lowest BCUT2D eigenvalue weighted by molar-refractivity contribution is 0.551. The topological polar surface area (TPSA) is 26.3 Å². The Hall–Kier alpha value is -0.0600. The summed E-state index contributed by atoms with van der Waals surface area (Å²) in [6.07, 6.45) is 7.54. The van der Waals surface area contributed by atoms with Gasteiger partial charge in [0.2, 0.25) is 0 Å². The highest BCUT2D eigenvalue weighted by Crippen LogP contribution is 2.30. The van der Waals surface area contributed by atoms with Gasteiger partial charge in [-0.05, 0) is 23.1 Å². The fourth-order valence-corrected chi connectivity index (χ4v) is 2.03. The van der Waals surface area contributed by atoms with Crippen LogP contribution in [0.5, 0.6) is 0 Å². The van der Waals surface area contributed by atoms with Gasteiger partial charge in [-0.3, -0.25) is 0 Å². The highest BCUT2D eigenvalue weighted by atomic mass is 33.1. The summed E-state index contributed by atoms with van der Waals surface area (Å²) >= 11 is 0. The molecule has 0 aromatic heterocycles. The third-order valence-corrected chi connectivity index (χ3v) is 2.75. The van der Waals surface area contributed by atoms with Crippen LogP contribution >= 0.6 is 21.6 Å². The normalized spacial score (nSPS) is 17.4. The molecule has 0 radical (unpaired) electrons. The molecule has 0 aliphatic carbocycles. The highest BCUT2D eigenvalue weighted by Gasteiger charge is 1.99. The van der Waals surface area contributed by atoms with Crippen molar-refractivity contribution in [1.82, 2.24) is 5.06 Å². The van der Waals surface area contributed by atoms with Crippen molar-refractivity contribution in [2.75, 3.05) is 12.8 Å². The van der Waals surface area contributed by atoms with E-state index < -0.39 is 0 Å². The highest BCUT2D eigenvalue weighted by molar-refractivity contribution is 8.77. The monoisotopic (exact) mass is 174 g/mol. The molecule has 0 amide bonds. The standard InChI is InChI=1S/C6H8NOS2/c1-9-10-6-4-2-3-5-7(6)8/h2-4H,5H2,1H3/q-1. The molecule has 0 N–H and O–H groups in total. The zero-order valence-electron chi connectivity index (χ0n) is 5.61. The van der Waals surface area contributed by atoms with E-state index >= 15 is 0 Å². The third-order valence-electron chi connectivity index (χ3n) is 1.06. The van der Waals surface area contributed by atoms with Gasteiger partial charge in [-0.15, -0.1) is 0 Å². The lowest BCUT2D eigenvalue weighted by Crippen LogP contribution is -2.14. The molecular weight excluding hydrogens is 166 g/mol. The Balaban J connectivity index is 2.52. The van der Waals surface area contributed by atoms with E-state index in [0.29, 0.717) is 6.54 Å². The Morgan fingerprint density at radius 1 is 1.70 bits per heavy atom. The largest absolute Gasteiger partial charge is 0.758 e. The van der Waals surface area contributed by atoms with Crippen molar-refractivity contribution in [3.8, 4) is 0 Å². The van der Waals surface area contributed by atoms with Crippen LogP contribution in [0.15, 0.2) is 23.3 Å². The van der Waals surface area contributed by atoms with Crippen molar-refractivity contribution in [2.24, 2.45) is 0 Å². The summed E-state index contributed by atoms with van der Waals surface area (Å²) in [5, 5.41) is 12.7. The Labute approximate surface area is 68.3 Å². The van der Waals surface area contributed by atoms with Crippen LogP contribution in [-0.4, -0.2) is 17.9 Å². The molecule has 0 bridgehead atoms. The van der Waals surface area contributed by atoms with Crippen LogP contribution in [0.1, 0.15) is 0 Å². The van der Waals surface area contributed by atoms with Crippen LogP contribution in [0.4, 0.5) is 0 Å². The van der Waals surface area contributed by atoms with Gasteiger partial charge in [0.25, 0.3) is 0 Å². The first-order valence-electron chi connectivity index (χ1n) is 2.87. The molecule has 1 aliphatic rings. The van der Waals surface area contributed by atoms with Crippen LogP contribution in [0.25, 0.3) is 0 Å². The van der Waals surface area contributed by atoms with Gasteiger partial charge in [0, 0.05) is 6.54 Å². The van der Waals surface area contributed by atoms with Crippen LogP contribution in [0, 0.1) is 5.21 Å². The second kappa shape index (κ2) is 3.95. The lowest BCUT2D eigenvalue weighted by atomic mass is 10.4. The molecule has 0 unspecified atom stereocenters. The molecule has 0 fully saturated rings. The van der Waals surface area contributed by atoms with E-state index in [4.69, 9.17) is 0 Å². The van der Waals surface area contributed by atoms with Crippen molar-refractivity contribution in [1.29, 1.82) is 0 Å². The van der Waals surface area contributed by atoms with Gasteiger partial charge in [-0.1, -0.05) is 22.9 Å². The van der Waals surface area contributed by atoms with Crippen LogP contribution < -0.4 is 0 Å². The van der Waals surface area contributed by atoms with E-state index in [1.165, 1.54) is 10.8 Å². The number of hydrogen-bond donors (Lipinski definition) is 0. The molecule has 0 atom stereocenters. The summed E-state index contributed by atoms with van der Waals surface area (Å²) in [5.41, 5.74) is 0. The molecule has 0 saturated heterocycles. The molecule has 1 rings (SSSR count). The van der Waals surface area contributed by atoms with Crippen molar-refractivity contribution in [3.05, 3.63) is 28.5 Å². The van der Waals surface area contributed by atoms with Crippen molar-refractivity contribution >= 4 is 21.6 Å². The maximum atomic E-state index is 10.9. The van der Waals surface area contributed by atoms with E-state index in [1.807, 2.05) is 24.5 Å². The molecule has 2 nitrogen and oxygen atoms in total. The quantitative estimate of drug-likeness (QED) is 0.599. The van der Waals surface area contributed by atoms with Crippen LogP contribution in [-0.2, 0) is 0 Å². The maximum absolute atomic E-state index is 10.9. The Morgan fingerprint density at radius 2 is 2.50 bits per heavy atom. The molecule has 0 aromatic rings. The molecule has 1 aliphatic heterocycles. The molecule has 10 heavy (non-hydrogen) atoms. The Morgan fingerprint density at radius 3 is 3.10 bits per heavy atom. The summed E-state index contributed by atoms with van der Waals surface area (Å²) < 4.78 is 0. The second-order valence-corrected chi connectivity index (χ2v) is 4.16. The first-order valence-corrected chi connectivity index (χ1v) is 5.42. The van der Waals surface area contributed by atoms with Gasteiger partial charge in [0.15, 0.2) is 0 Å². The molecule has 0 spiro atoms. The number of allylic oxidation sites excluding steroid dienone is 2. The summed E-state index contributed by atoms with van der Waals surface area (Å²) in [7, 11) is 3.08. The summed E-state index contributed by atoms with van der Waals surface area (Å²) in [4.78, 5) is 0. The minimum Gasteiger partial charge on any atom is -0.758 e. The number of nitrogens with zero attached hydrogens (tertiary/aromatic N) is 1. The van der Waals surface area contributed by atoms with Gasteiger partial charge in [-0.25, -0.2) is 0 Å². The Bertz CT molecular complexity index is 167. The van der Waals surface area contributed by atoms with Crippen molar-refractivity contribution in [3.63, 3.8) is 0 Å². The fourth-order valence-electron chi connectivity index (χ4n) is 0.635. The molecule has 56 valence electrons. The van der Waals surface area contributed by atoms with Gasteiger partial charge in [0.1, 0.15) is 0 Å². The maximum Gasteiger partial charge on any atom is 0.0710 e. The third kappa shape index (κ3) is 1.97. The average molecular weight is 174 g/mol. The minimum atomic E-state index is 0.486. The van der Waals surface area contributed by atoms with Gasteiger partial charge in [-0.2, -0.15) is 0 Å². The second-order valence-electron chi connectivity index (χ2n) is 1.74. The number of rotatable bonds is 2. The molecule has 1 heterocycles.